The Bertz CT molecular complexity index is 720. The minimum atomic E-state index is -4.06. The van der Waals surface area contributed by atoms with Crippen LogP contribution in [0.25, 0.3) is 0 Å². The smallest absolute Gasteiger partial charge is 0.379 e. The molecular weight excluding hydrogens is 320 g/mol. The third-order valence-electron chi connectivity index (χ3n) is 3.20. The fraction of sp³-hybridized carbons (Fsp3) is 0.176. The number of carbonyl (C=O) groups is 2. The van der Waals surface area contributed by atoms with Gasteiger partial charge in [-0.05, 0) is 11.6 Å². The number of hydrogen-bond acceptors (Lipinski definition) is 4. The van der Waals surface area contributed by atoms with Crippen molar-refractivity contribution in [3.63, 3.8) is 0 Å². The topological polar surface area (TPSA) is 75.6 Å². The summed E-state index contributed by atoms with van der Waals surface area (Å²) in [5, 5.41) is 11.1. The lowest BCUT2D eigenvalue weighted by atomic mass is 10.1. The van der Waals surface area contributed by atoms with E-state index in [1.54, 1.807) is 24.3 Å². The zero-order chi connectivity index (χ0) is 17.6. The largest absolute Gasteiger partial charge is 0.477 e. The molecule has 24 heavy (non-hydrogen) atoms. The number of carboxylic acid groups (broad SMARTS) is 1. The van der Waals surface area contributed by atoms with E-state index in [1.165, 1.54) is 18.2 Å². The summed E-state index contributed by atoms with van der Waals surface area (Å²) in [6.07, 6.45) is 0. The van der Waals surface area contributed by atoms with Crippen molar-refractivity contribution in [3.05, 3.63) is 65.7 Å². The Balaban J connectivity index is 1.97. The highest BCUT2D eigenvalue weighted by atomic mass is 19.3. The Morgan fingerprint density at radius 1 is 1.04 bits per heavy atom. The maximum atomic E-state index is 13.7. The number of hydrogen-bond donors (Lipinski definition) is 2. The lowest BCUT2D eigenvalue weighted by Gasteiger charge is -2.16. The molecule has 0 heterocycles. The molecule has 0 fully saturated rings. The highest BCUT2D eigenvalue weighted by Crippen LogP contribution is 2.33. The zero-order valence-corrected chi connectivity index (χ0v) is 12.5. The molecule has 0 spiro atoms. The second-order valence-corrected chi connectivity index (χ2v) is 4.92. The standard InChI is InChI=1S/C17H15F2NO4/c18-17(19,16(22)23)13-8-4-5-9-14(13)20-10-15(21)24-11-12-6-2-1-3-7-12/h1-9,20H,10-11H2,(H,22,23). The number of para-hydroxylation sites is 1. The molecule has 0 aromatic heterocycles. The maximum Gasteiger partial charge on any atom is 0.379 e. The summed E-state index contributed by atoms with van der Waals surface area (Å²) in [6, 6.07) is 14.0. The van der Waals surface area contributed by atoms with Gasteiger partial charge >= 0.3 is 17.9 Å². The molecule has 0 amide bonds. The summed E-state index contributed by atoms with van der Waals surface area (Å²) in [4.78, 5) is 22.4. The fourth-order valence-corrected chi connectivity index (χ4v) is 1.98. The van der Waals surface area contributed by atoms with Gasteiger partial charge in [0.25, 0.3) is 0 Å². The van der Waals surface area contributed by atoms with Crippen LogP contribution in [0.15, 0.2) is 54.6 Å². The Morgan fingerprint density at radius 3 is 2.33 bits per heavy atom. The van der Waals surface area contributed by atoms with Gasteiger partial charge in [-0.25, -0.2) is 4.79 Å². The lowest BCUT2D eigenvalue weighted by molar-refractivity contribution is -0.166. The van der Waals surface area contributed by atoms with Gasteiger partial charge in [-0.15, -0.1) is 0 Å². The van der Waals surface area contributed by atoms with E-state index in [9.17, 15) is 18.4 Å². The average molecular weight is 335 g/mol. The van der Waals surface area contributed by atoms with E-state index in [1.807, 2.05) is 6.07 Å². The molecule has 0 atom stereocenters. The summed E-state index contributed by atoms with van der Waals surface area (Å²) >= 11 is 0. The number of nitrogens with one attached hydrogen (secondary N) is 1. The Hall–Kier alpha value is -2.96. The SMILES string of the molecule is O=C(CNc1ccccc1C(F)(F)C(=O)O)OCc1ccccc1. The highest BCUT2D eigenvalue weighted by Gasteiger charge is 2.42. The van der Waals surface area contributed by atoms with E-state index in [0.29, 0.717) is 0 Å². The fourth-order valence-electron chi connectivity index (χ4n) is 1.98. The molecule has 0 aliphatic carbocycles. The first-order valence-electron chi connectivity index (χ1n) is 7.05. The van der Waals surface area contributed by atoms with Crippen LogP contribution in [0.2, 0.25) is 0 Å². The summed E-state index contributed by atoms with van der Waals surface area (Å²) in [6.45, 7) is -0.298. The summed E-state index contributed by atoms with van der Waals surface area (Å²) < 4.78 is 32.4. The number of aliphatic carboxylic acids is 1. The summed E-state index contributed by atoms with van der Waals surface area (Å²) in [7, 11) is 0. The van der Waals surface area contributed by atoms with Crippen LogP contribution in [0.4, 0.5) is 14.5 Å². The van der Waals surface area contributed by atoms with Gasteiger partial charge in [-0.1, -0.05) is 48.5 Å². The minimum absolute atomic E-state index is 0.0638. The van der Waals surface area contributed by atoms with Crippen LogP contribution in [0.1, 0.15) is 11.1 Å². The van der Waals surface area contributed by atoms with Crippen LogP contribution in [0, 0.1) is 0 Å². The molecule has 7 heteroatoms. The van der Waals surface area contributed by atoms with E-state index in [-0.39, 0.29) is 18.8 Å². The molecule has 0 aliphatic rings. The van der Waals surface area contributed by atoms with E-state index in [4.69, 9.17) is 9.84 Å². The van der Waals surface area contributed by atoms with Crippen LogP contribution >= 0.6 is 0 Å². The Kier molecular flexibility index (Phi) is 5.47. The van der Waals surface area contributed by atoms with Crippen molar-refractivity contribution in [2.75, 3.05) is 11.9 Å². The molecule has 0 radical (unpaired) electrons. The molecule has 5 nitrogen and oxygen atoms in total. The van der Waals surface area contributed by atoms with Crippen molar-refractivity contribution in [2.24, 2.45) is 0 Å². The number of esters is 1. The van der Waals surface area contributed by atoms with Gasteiger partial charge in [-0.3, -0.25) is 4.79 Å². The quantitative estimate of drug-likeness (QED) is 0.761. The van der Waals surface area contributed by atoms with Gasteiger partial charge in [0.1, 0.15) is 13.2 Å². The van der Waals surface area contributed by atoms with Crippen LogP contribution in [-0.4, -0.2) is 23.6 Å². The third kappa shape index (κ3) is 4.28. The molecule has 0 saturated carbocycles. The van der Waals surface area contributed by atoms with Crippen LogP contribution < -0.4 is 5.32 Å². The molecule has 2 aromatic rings. The monoisotopic (exact) mass is 335 g/mol. The second kappa shape index (κ2) is 7.54. The third-order valence-corrected chi connectivity index (χ3v) is 3.20. The van der Waals surface area contributed by atoms with Crippen LogP contribution in [0.5, 0.6) is 0 Å². The number of rotatable bonds is 7. The molecule has 0 unspecified atom stereocenters. The number of benzene rings is 2. The van der Waals surface area contributed by atoms with Gasteiger partial charge in [0.05, 0.1) is 5.56 Å². The number of ether oxygens (including phenoxy) is 1. The Labute approximate surface area is 136 Å². The first-order valence-corrected chi connectivity index (χ1v) is 7.05. The number of halogens is 2. The molecule has 126 valence electrons. The van der Waals surface area contributed by atoms with Gasteiger partial charge in [0.2, 0.25) is 0 Å². The number of carboxylic acids is 1. The summed E-state index contributed by atoms with van der Waals surface area (Å²) in [5.41, 5.74) is -0.0569. The second-order valence-electron chi connectivity index (χ2n) is 4.92. The molecular formula is C17H15F2NO4. The molecule has 0 aliphatic heterocycles. The molecule has 2 rings (SSSR count). The van der Waals surface area contributed by atoms with Crippen molar-refractivity contribution >= 4 is 17.6 Å². The van der Waals surface area contributed by atoms with Gasteiger partial charge < -0.3 is 15.2 Å². The van der Waals surface area contributed by atoms with Gasteiger partial charge in [0, 0.05) is 5.69 Å². The lowest BCUT2D eigenvalue weighted by Crippen LogP contribution is -2.27. The normalized spacial score (nSPS) is 10.9. The van der Waals surface area contributed by atoms with Crippen molar-refractivity contribution in [1.29, 1.82) is 0 Å². The maximum absolute atomic E-state index is 13.7. The molecule has 2 aromatic carbocycles. The van der Waals surface area contributed by atoms with Crippen LogP contribution in [-0.2, 0) is 26.9 Å². The highest BCUT2D eigenvalue weighted by molar-refractivity contribution is 5.81. The van der Waals surface area contributed by atoms with E-state index >= 15 is 0 Å². The van der Waals surface area contributed by atoms with Gasteiger partial charge in [-0.2, -0.15) is 8.78 Å². The predicted octanol–water partition coefficient (Wildman–Crippen LogP) is 3.02. The van der Waals surface area contributed by atoms with Crippen molar-refractivity contribution < 1.29 is 28.2 Å². The predicted molar refractivity (Wildman–Crippen MR) is 82.7 cm³/mol. The van der Waals surface area contributed by atoms with Crippen LogP contribution in [0.3, 0.4) is 0 Å². The van der Waals surface area contributed by atoms with Gasteiger partial charge in [0.15, 0.2) is 0 Å². The van der Waals surface area contributed by atoms with Crippen molar-refractivity contribution in [1.82, 2.24) is 0 Å². The molecule has 2 N–H and O–H groups in total. The zero-order valence-electron chi connectivity index (χ0n) is 12.5. The van der Waals surface area contributed by atoms with Crippen molar-refractivity contribution in [2.45, 2.75) is 12.5 Å². The van der Waals surface area contributed by atoms with Crippen molar-refractivity contribution in [3.8, 4) is 0 Å². The van der Waals surface area contributed by atoms with E-state index in [2.05, 4.69) is 5.32 Å². The number of alkyl halides is 2. The first kappa shape index (κ1) is 17.4. The van der Waals surface area contributed by atoms with E-state index in [0.717, 1.165) is 11.6 Å². The Morgan fingerprint density at radius 2 is 1.67 bits per heavy atom. The molecule has 0 saturated heterocycles. The number of carbonyl (C=O) groups excluding carboxylic acids is 1. The number of anilines is 1. The average Bonchev–Trinajstić information content (AvgIpc) is 2.59. The van der Waals surface area contributed by atoms with E-state index < -0.39 is 23.4 Å². The first-order chi connectivity index (χ1) is 11.4. The summed E-state index contributed by atoms with van der Waals surface area (Å²) in [5.74, 6) is -6.96. The minimum Gasteiger partial charge on any atom is -0.477 e. The molecule has 0 bridgehead atoms.